The zero-order valence-corrected chi connectivity index (χ0v) is 23.2. The van der Waals surface area contributed by atoms with Gasteiger partial charge in [-0.1, -0.05) is 12.1 Å². The fourth-order valence-electron chi connectivity index (χ4n) is 4.09. The number of carbonyl (C=O) groups is 1. The molecule has 3 rings (SSSR count). The van der Waals surface area contributed by atoms with E-state index in [9.17, 15) is 13.2 Å². The highest BCUT2D eigenvalue weighted by Gasteiger charge is 2.25. The summed E-state index contributed by atoms with van der Waals surface area (Å²) in [6.07, 6.45) is 5.43. The molecule has 0 spiro atoms. The lowest BCUT2D eigenvalue weighted by atomic mass is 10.1. The molecule has 0 saturated carbocycles. The zero-order chi connectivity index (χ0) is 27.2. The first-order valence-corrected chi connectivity index (χ1v) is 13.5. The first-order valence-electron chi connectivity index (χ1n) is 12.0. The number of aryl methyl sites for hydroxylation is 5. The van der Waals surface area contributed by atoms with Gasteiger partial charge in [-0.3, -0.25) is 4.79 Å². The molecule has 0 aliphatic carbocycles. The van der Waals surface area contributed by atoms with Crippen LogP contribution in [0.1, 0.15) is 22.4 Å². The van der Waals surface area contributed by atoms with Gasteiger partial charge in [-0.25, -0.2) is 13.4 Å². The van der Waals surface area contributed by atoms with Crippen molar-refractivity contribution < 1.29 is 22.7 Å². The molecule has 9 nitrogen and oxygen atoms in total. The third-order valence-corrected chi connectivity index (χ3v) is 8.56. The summed E-state index contributed by atoms with van der Waals surface area (Å²) in [5, 5.41) is 0. The molecule has 2 aromatic carbocycles. The molecule has 37 heavy (non-hydrogen) atoms. The van der Waals surface area contributed by atoms with Gasteiger partial charge in [0, 0.05) is 45.3 Å². The second kappa shape index (κ2) is 12.4. The van der Waals surface area contributed by atoms with Crippen LogP contribution >= 0.6 is 0 Å². The maximum atomic E-state index is 13.1. The molecule has 0 fully saturated rings. The predicted molar refractivity (Wildman–Crippen MR) is 144 cm³/mol. The summed E-state index contributed by atoms with van der Waals surface area (Å²) < 4.78 is 40.2. The third-order valence-electron chi connectivity index (χ3n) is 6.40. The lowest BCUT2D eigenvalue weighted by Gasteiger charge is -2.21. The van der Waals surface area contributed by atoms with Gasteiger partial charge in [-0.15, -0.1) is 0 Å². The number of amides is 1. The Hall–Kier alpha value is -3.21. The largest absolute Gasteiger partial charge is 0.497 e. The molecule has 1 aromatic heterocycles. The number of rotatable bonds is 12. The number of ether oxygens (including phenoxy) is 2. The Kier molecular flexibility index (Phi) is 9.47. The Morgan fingerprint density at radius 3 is 2.27 bits per heavy atom. The lowest BCUT2D eigenvalue weighted by molar-refractivity contribution is -0.122. The van der Waals surface area contributed by atoms with E-state index in [1.807, 2.05) is 42.1 Å². The Balaban J connectivity index is 1.48. The first-order chi connectivity index (χ1) is 17.5. The van der Waals surface area contributed by atoms with Gasteiger partial charge < -0.3 is 18.9 Å². The van der Waals surface area contributed by atoms with Gasteiger partial charge in [0.2, 0.25) is 10.0 Å². The Morgan fingerprint density at radius 1 is 1.05 bits per heavy atom. The number of carbonyl (C=O) groups excluding carboxylic acids is 1. The molecule has 0 unspecified atom stereocenters. The second-order valence-corrected chi connectivity index (χ2v) is 11.1. The molecule has 10 heteroatoms. The summed E-state index contributed by atoms with van der Waals surface area (Å²) in [5.74, 6) is 0.400. The van der Waals surface area contributed by atoms with E-state index < -0.39 is 10.0 Å². The number of nitrogens with zero attached hydrogens (tertiary/aromatic N) is 4. The van der Waals surface area contributed by atoms with Crippen molar-refractivity contribution in [1.82, 2.24) is 13.9 Å². The van der Waals surface area contributed by atoms with Crippen LogP contribution < -0.4 is 9.64 Å². The van der Waals surface area contributed by atoms with Gasteiger partial charge in [-0.2, -0.15) is 4.31 Å². The number of imidazole rings is 1. The smallest absolute Gasteiger partial charge is 0.252 e. The Labute approximate surface area is 219 Å². The number of hydrogen-bond acceptors (Lipinski definition) is 6. The van der Waals surface area contributed by atoms with E-state index in [1.165, 1.54) is 27.5 Å². The summed E-state index contributed by atoms with van der Waals surface area (Å²) in [6.45, 7) is 3.56. The molecule has 0 radical (unpaired) electrons. The number of methoxy groups -OCH3 is 1. The molecular weight excluding hydrogens is 492 g/mol. The van der Waals surface area contributed by atoms with Crippen molar-refractivity contribution in [2.45, 2.75) is 31.6 Å². The molecule has 1 amide bonds. The summed E-state index contributed by atoms with van der Waals surface area (Å²) in [7, 11) is 3.02. The van der Waals surface area contributed by atoms with Crippen molar-refractivity contribution in [2.75, 3.05) is 45.9 Å². The summed E-state index contributed by atoms with van der Waals surface area (Å²) >= 11 is 0. The van der Waals surface area contributed by atoms with Gasteiger partial charge in [0.05, 0.1) is 24.9 Å². The van der Waals surface area contributed by atoms with E-state index in [2.05, 4.69) is 4.98 Å². The molecule has 0 bridgehead atoms. The molecule has 0 aliphatic rings. The minimum absolute atomic E-state index is 0.0938. The van der Waals surface area contributed by atoms with Crippen molar-refractivity contribution in [1.29, 1.82) is 0 Å². The lowest BCUT2D eigenvalue weighted by Crippen LogP contribution is -2.34. The molecule has 0 aliphatic heterocycles. The first kappa shape index (κ1) is 28.4. The number of likely N-dealkylation sites (N-methyl/N-ethyl adjacent to an activating group) is 2. The van der Waals surface area contributed by atoms with Crippen molar-refractivity contribution in [2.24, 2.45) is 7.05 Å². The summed E-state index contributed by atoms with van der Waals surface area (Å²) in [4.78, 5) is 18.5. The van der Waals surface area contributed by atoms with E-state index in [0.29, 0.717) is 16.9 Å². The Bertz CT molecular complexity index is 1300. The number of anilines is 1. The van der Waals surface area contributed by atoms with Crippen molar-refractivity contribution in [3.63, 3.8) is 0 Å². The molecule has 0 atom stereocenters. The SMILES string of the molecule is COc1cc(C)c(S(=O)(=O)N(C)CCOCC(=O)N(C)c2ccc(CCc3cncn3C)cc2)c(C)c1. The van der Waals surface area contributed by atoms with Crippen LogP contribution in [-0.2, 0) is 39.4 Å². The highest BCUT2D eigenvalue weighted by Crippen LogP contribution is 2.27. The second-order valence-electron chi connectivity index (χ2n) is 9.08. The molecule has 200 valence electrons. The van der Waals surface area contributed by atoms with Crippen LogP contribution in [0.4, 0.5) is 5.69 Å². The average molecular weight is 529 g/mol. The van der Waals surface area contributed by atoms with Crippen LogP contribution in [0, 0.1) is 13.8 Å². The van der Waals surface area contributed by atoms with E-state index in [0.717, 1.165) is 18.5 Å². The average Bonchev–Trinajstić information content (AvgIpc) is 3.28. The minimum Gasteiger partial charge on any atom is -0.497 e. The maximum absolute atomic E-state index is 13.1. The quantitative estimate of drug-likeness (QED) is 0.335. The van der Waals surface area contributed by atoms with E-state index in [4.69, 9.17) is 9.47 Å². The van der Waals surface area contributed by atoms with Gasteiger partial charge in [0.25, 0.3) is 5.91 Å². The molecule has 3 aromatic rings. The number of aromatic nitrogens is 2. The summed E-state index contributed by atoms with van der Waals surface area (Å²) in [6, 6.07) is 11.3. The van der Waals surface area contributed by atoms with E-state index in [-0.39, 0.29) is 30.6 Å². The van der Waals surface area contributed by atoms with E-state index >= 15 is 0 Å². The van der Waals surface area contributed by atoms with Crippen molar-refractivity contribution in [3.8, 4) is 5.75 Å². The van der Waals surface area contributed by atoms with Crippen LogP contribution in [-0.4, -0.2) is 69.1 Å². The van der Waals surface area contributed by atoms with Crippen LogP contribution in [0.2, 0.25) is 0 Å². The molecule has 0 N–H and O–H groups in total. The maximum Gasteiger partial charge on any atom is 0.252 e. The van der Waals surface area contributed by atoms with Crippen LogP contribution in [0.3, 0.4) is 0 Å². The van der Waals surface area contributed by atoms with Crippen LogP contribution in [0.25, 0.3) is 0 Å². The number of benzene rings is 2. The molecule has 0 saturated heterocycles. The fourth-order valence-corrected chi connectivity index (χ4v) is 5.65. The standard InChI is InChI=1S/C27H36N4O5S/c1-20-15-25(35-6)16-21(2)27(20)37(33,34)30(4)13-14-36-18-26(32)31(5)23-10-7-22(8-11-23)9-12-24-17-28-19-29(24)3/h7-8,10-11,15-17,19H,9,12-14,18H2,1-6H3. The van der Waals surface area contributed by atoms with Crippen molar-refractivity contribution in [3.05, 3.63) is 71.3 Å². The predicted octanol–water partition coefficient (Wildman–Crippen LogP) is 3.13. The highest BCUT2D eigenvalue weighted by atomic mass is 32.2. The van der Waals surface area contributed by atoms with Gasteiger partial charge in [0.1, 0.15) is 12.4 Å². The Morgan fingerprint density at radius 2 is 1.70 bits per heavy atom. The fraction of sp³-hybridized carbons (Fsp3) is 0.407. The molecule has 1 heterocycles. The third kappa shape index (κ3) is 6.97. The van der Waals surface area contributed by atoms with Crippen LogP contribution in [0.5, 0.6) is 5.75 Å². The van der Waals surface area contributed by atoms with Gasteiger partial charge in [0.15, 0.2) is 0 Å². The van der Waals surface area contributed by atoms with Gasteiger partial charge >= 0.3 is 0 Å². The normalized spacial score (nSPS) is 11.6. The van der Waals surface area contributed by atoms with E-state index in [1.54, 1.807) is 46.5 Å². The minimum atomic E-state index is -3.71. The van der Waals surface area contributed by atoms with Crippen LogP contribution in [0.15, 0.2) is 53.8 Å². The topological polar surface area (TPSA) is 94.0 Å². The van der Waals surface area contributed by atoms with Crippen molar-refractivity contribution >= 4 is 21.6 Å². The number of sulfonamides is 1. The summed E-state index contributed by atoms with van der Waals surface area (Å²) in [5.41, 5.74) is 4.34. The zero-order valence-electron chi connectivity index (χ0n) is 22.4. The van der Waals surface area contributed by atoms with Gasteiger partial charge in [-0.05, 0) is 67.6 Å². The number of hydrogen-bond donors (Lipinski definition) is 0. The highest BCUT2D eigenvalue weighted by molar-refractivity contribution is 7.89. The molecular formula is C27H36N4O5S. The monoisotopic (exact) mass is 528 g/mol.